The topological polar surface area (TPSA) is 19.6 Å². The summed E-state index contributed by atoms with van der Waals surface area (Å²) in [5.74, 6) is 0. The molecule has 0 spiro atoms. The Balaban J connectivity index is 1.63. The van der Waals surface area contributed by atoms with Crippen molar-refractivity contribution >= 4 is 27.6 Å². The first-order chi connectivity index (χ1) is 13.2. The van der Waals surface area contributed by atoms with Gasteiger partial charge in [-0.25, -0.2) is 0 Å². The van der Waals surface area contributed by atoms with E-state index in [1.807, 2.05) is 6.07 Å². The molecule has 1 aromatic heterocycles. The summed E-state index contributed by atoms with van der Waals surface area (Å²) in [5, 5.41) is 2.41. The Kier molecular flexibility index (Phi) is 3.04. The number of anilines is 1. The van der Waals surface area contributed by atoms with Crippen LogP contribution in [-0.4, -0.2) is 17.6 Å². The van der Waals surface area contributed by atoms with Crippen LogP contribution in [0.3, 0.4) is 0 Å². The van der Waals surface area contributed by atoms with E-state index in [9.17, 15) is 0 Å². The van der Waals surface area contributed by atoms with Gasteiger partial charge >= 0.3 is 0 Å². The lowest BCUT2D eigenvalue weighted by Gasteiger charge is -2.31. The van der Waals surface area contributed by atoms with Crippen molar-refractivity contribution in [1.82, 2.24) is 4.90 Å². The summed E-state index contributed by atoms with van der Waals surface area (Å²) in [5.41, 5.74) is 7.44. The van der Waals surface area contributed by atoms with Crippen LogP contribution in [0.4, 0.5) is 5.69 Å². The lowest BCUT2D eigenvalue weighted by Crippen LogP contribution is -2.35. The number of furan rings is 1. The molecule has 2 bridgehead atoms. The van der Waals surface area contributed by atoms with Crippen LogP contribution in [0.1, 0.15) is 29.7 Å². The van der Waals surface area contributed by atoms with Gasteiger partial charge in [-0.3, -0.25) is 4.90 Å². The third kappa shape index (κ3) is 2.00. The van der Waals surface area contributed by atoms with Gasteiger partial charge in [0, 0.05) is 23.9 Å². The van der Waals surface area contributed by atoms with Gasteiger partial charge in [0.2, 0.25) is 0 Å². The minimum atomic E-state index is 0.347. The second-order valence-electron chi connectivity index (χ2n) is 7.89. The van der Waals surface area contributed by atoms with Gasteiger partial charge in [-0.1, -0.05) is 54.6 Å². The molecule has 6 rings (SSSR count). The van der Waals surface area contributed by atoms with E-state index in [1.165, 1.54) is 33.2 Å². The molecule has 134 valence electrons. The highest BCUT2D eigenvalue weighted by molar-refractivity contribution is 6.09. The molecule has 0 N–H and O–H groups in total. The van der Waals surface area contributed by atoms with Crippen molar-refractivity contribution in [3.63, 3.8) is 0 Å². The molecule has 3 heteroatoms. The SMILES string of the molecule is Cc1ccc2c(oc3ccccc32)c1N1C2CN(Cc3ccccc32)C1C. The van der Waals surface area contributed by atoms with Gasteiger partial charge in [-0.15, -0.1) is 0 Å². The Morgan fingerprint density at radius 2 is 1.74 bits per heavy atom. The van der Waals surface area contributed by atoms with Crippen LogP contribution in [0.2, 0.25) is 0 Å². The second-order valence-corrected chi connectivity index (χ2v) is 7.89. The van der Waals surface area contributed by atoms with E-state index in [2.05, 4.69) is 78.2 Å². The monoisotopic (exact) mass is 354 g/mol. The largest absolute Gasteiger partial charge is 0.454 e. The van der Waals surface area contributed by atoms with Crippen molar-refractivity contribution in [1.29, 1.82) is 0 Å². The summed E-state index contributed by atoms with van der Waals surface area (Å²) in [7, 11) is 0. The summed E-state index contributed by atoms with van der Waals surface area (Å²) in [4.78, 5) is 5.17. The van der Waals surface area contributed by atoms with Crippen LogP contribution in [0.15, 0.2) is 65.1 Å². The summed E-state index contributed by atoms with van der Waals surface area (Å²) in [6.07, 6.45) is 0.347. The van der Waals surface area contributed by atoms with Gasteiger partial charge in [0.25, 0.3) is 0 Å². The number of benzene rings is 3. The molecular formula is C24H22N2O. The van der Waals surface area contributed by atoms with Gasteiger partial charge in [0.15, 0.2) is 5.58 Å². The standard InChI is InChI=1S/C24H22N2O/c1-15-11-12-20-19-9-5-6-10-22(19)27-24(20)23(15)26-16(2)25-13-17-7-3-4-8-18(17)21(26)14-25/h3-12,16,21H,13-14H2,1-2H3. The van der Waals surface area contributed by atoms with E-state index in [0.717, 1.165) is 24.3 Å². The molecule has 3 nitrogen and oxygen atoms in total. The van der Waals surface area contributed by atoms with Gasteiger partial charge in [0.05, 0.1) is 17.9 Å². The smallest absolute Gasteiger partial charge is 0.159 e. The summed E-state index contributed by atoms with van der Waals surface area (Å²) in [6.45, 7) is 6.64. The Morgan fingerprint density at radius 3 is 2.67 bits per heavy atom. The lowest BCUT2D eigenvalue weighted by atomic mass is 9.96. The molecule has 0 amide bonds. The first-order valence-corrected chi connectivity index (χ1v) is 9.73. The van der Waals surface area contributed by atoms with E-state index < -0.39 is 0 Å². The van der Waals surface area contributed by atoms with Crippen molar-refractivity contribution < 1.29 is 4.42 Å². The maximum absolute atomic E-state index is 6.40. The van der Waals surface area contributed by atoms with Gasteiger partial charge in [0.1, 0.15) is 5.58 Å². The van der Waals surface area contributed by atoms with E-state index in [0.29, 0.717) is 12.2 Å². The zero-order valence-corrected chi connectivity index (χ0v) is 15.6. The minimum absolute atomic E-state index is 0.347. The van der Waals surface area contributed by atoms with Crippen LogP contribution in [0.25, 0.3) is 21.9 Å². The van der Waals surface area contributed by atoms with Crippen molar-refractivity contribution in [3.8, 4) is 0 Å². The molecule has 4 aromatic rings. The molecule has 27 heavy (non-hydrogen) atoms. The molecule has 2 aliphatic heterocycles. The molecule has 3 unspecified atom stereocenters. The Morgan fingerprint density at radius 1 is 0.926 bits per heavy atom. The quantitative estimate of drug-likeness (QED) is 0.442. The average Bonchev–Trinajstić information content (AvgIpc) is 3.19. The zero-order chi connectivity index (χ0) is 18.1. The van der Waals surface area contributed by atoms with Gasteiger partial charge < -0.3 is 9.32 Å². The second kappa shape index (κ2) is 5.37. The molecule has 0 aliphatic carbocycles. The number of para-hydroxylation sites is 1. The Hall–Kier alpha value is -2.78. The van der Waals surface area contributed by atoms with Gasteiger partial charge in [-0.05, 0) is 36.6 Å². The van der Waals surface area contributed by atoms with E-state index in [4.69, 9.17) is 4.42 Å². The fourth-order valence-electron chi connectivity index (χ4n) is 5.10. The van der Waals surface area contributed by atoms with Crippen LogP contribution >= 0.6 is 0 Å². The highest BCUT2D eigenvalue weighted by Crippen LogP contribution is 2.47. The van der Waals surface area contributed by atoms with Crippen molar-refractivity contribution in [2.24, 2.45) is 0 Å². The molecule has 0 saturated carbocycles. The van der Waals surface area contributed by atoms with E-state index >= 15 is 0 Å². The van der Waals surface area contributed by atoms with E-state index in [1.54, 1.807) is 0 Å². The molecule has 2 aliphatic rings. The van der Waals surface area contributed by atoms with Crippen LogP contribution in [0.5, 0.6) is 0 Å². The van der Waals surface area contributed by atoms with Crippen molar-refractivity contribution in [3.05, 3.63) is 77.4 Å². The summed E-state index contributed by atoms with van der Waals surface area (Å²) in [6, 6.07) is 22.1. The molecular weight excluding hydrogens is 332 g/mol. The number of hydrogen-bond acceptors (Lipinski definition) is 3. The van der Waals surface area contributed by atoms with Crippen LogP contribution in [-0.2, 0) is 6.54 Å². The average molecular weight is 354 g/mol. The van der Waals surface area contributed by atoms with Crippen LogP contribution < -0.4 is 4.90 Å². The first-order valence-electron chi connectivity index (χ1n) is 9.73. The Labute approximate surface area is 158 Å². The number of fused-ring (bicyclic) bond motifs is 7. The number of aryl methyl sites for hydroxylation is 1. The Bertz CT molecular complexity index is 1190. The number of hydrogen-bond donors (Lipinski definition) is 0. The lowest BCUT2D eigenvalue weighted by molar-refractivity contribution is 0.252. The predicted molar refractivity (Wildman–Crippen MR) is 110 cm³/mol. The van der Waals surface area contributed by atoms with Crippen molar-refractivity contribution in [2.75, 3.05) is 11.4 Å². The van der Waals surface area contributed by atoms with E-state index in [-0.39, 0.29) is 0 Å². The maximum atomic E-state index is 6.40. The molecule has 1 saturated heterocycles. The molecule has 3 heterocycles. The number of rotatable bonds is 1. The van der Waals surface area contributed by atoms with Crippen LogP contribution in [0, 0.1) is 6.92 Å². The summed E-state index contributed by atoms with van der Waals surface area (Å²) < 4.78 is 6.40. The predicted octanol–water partition coefficient (Wildman–Crippen LogP) is 5.62. The normalized spacial score (nSPS) is 23.9. The third-order valence-electron chi connectivity index (χ3n) is 6.44. The number of nitrogens with zero attached hydrogens (tertiary/aromatic N) is 2. The molecule has 3 aromatic carbocycles. The third-order valence-corrected chi connectivity index (χ3v) is 6.44. The fourth-order valence-corrected chi connectivity index (χ4v) is 5.10. The highest BCUT2D eigenvalue weighted by atomic mass is 16.3. The first kappa shape index (κ1) is 15.3. The highest BCUT2D eigenvalue weighted by Gasteiger charge is 2.43. The fraction of sp³-hybridized carbons (Fsp3) is 0.250. The molecule has 3 atom stereocenters. The van der Waals surface area contributed by atoms with Gasteiger partial charge in [-0.2, -0.15) is 0 Å². The summed E-state index contributed by atoms with van der Waals surface area (Å²) >= 11 is 0. The molecule has 1 fully saturated rings. The van der Waals surface area contributed by atoms with Crippen molar-refractivity contribution in [2.45, 2.75) is 32.6 Å². The zero-order valence-electron chi connectivity index (χ0n) is 15.6. The maximum Gasteiger partial charge on any atom is 0.159 e. The minimum Gasteiger partial charge on any atom is -0.454 e. The molecule has 0 radical (unpaired) electrons.